The Bertz CT molecular complexity index is 1490. The van der Waals surface area contributed by atoms with Crippen molar-refractivity contribution in [3.05, 3.63) is 89.3 Å². The summed E-state index contributed by atoms with van der Waals surface area (Å²) >= 11 is 7.23. The van der Waals surface area contributed by atoms with Gasteiger partial charge >= 0.3 is 5.97 Å². The van der Waals surface area contributed by atoms with Gasteiger partial charge in [-0.3, -0.25) is 9.36 Å². The second kappa shape index (κ2) is 9.44. The number of hydrogen-bond donors (Lipinski definition) is 0. The van der Waals surface area contributed by atoms with Gasteiger partial charge in [0, 0.05) is 5.56 Å². The molecular formula is C24H20ClFN2O5S. The number of halogens is 2. The number of allylic oxidation sites excluding steroid dienone is 1. The molecule has 2 aromatic carbocycles. The molecule has 0 unspecified atom stereocenters. The van der Waals surface area contributed by atoms with E-state index in [4.69, 9.17) is 25.8 Å². The van der Waals surface area contributed by atoms with Crippen LogP contribution in [0, 0.1) is 5.82 Å². The summed E-state index contributed by atoms with van der Waals surface area (Å²) < 4.78 is 31.7. The molecule has 0 saturated heterocycles. The van der Waals surface area contributed by atoms with Crippen LogP contribution in [0.5, 0.6) is 11.5 Å². The van der Waals surface area contributed by atoms with E-state index in [0.717, 1.165) is 11.3 Å². The lowest BCUT2D eigenvalue weighted by molar-refractivity contribution is -0.136. The molecule has 0 fully saturated rings. The van der Waals surface area contributed by atoms with Gasteiger partial charge in [0.25, 0.3) is 5.56 Å². The van der Waals surface area contributed by atoms with Crippen LogP contribution in [-0.2, 0) is 9.53 Å². The Morgan fingerprint density at radius 3 is 2.56 bits per heavy atom. The van der Waals surface area contributed by atoms with Crippen molar-refractivity contribution in [2.75, 3.05) is 21.3 Å². The highest BCUT2D eigenvalue weighted by Gasteiger charge is 2.33. The van der Waals surface area contributed by atoms with E-state index >= 15 is 0 Å². The number of methoxy groups -OCH3 is 3. The molecule has 10 heteroatoms. The van der Waals surface area contributed by atoms with Crippen LogP contribution in [0.1, 0.15) is 24.1 Å². The highest BCUT2D eigenvalue weighted by Crippen LogP contribution is 2.36. The van der Waals surface area contributed by atoms with Gasteiger partial charge in [-0.2, -0.15) is 0 Å². The lowest BCUT2D eigenvalue weighted by Crippen LogP contribution is -2.39. The first-order chi connectivity index (χ1) is 16.3. The number of thiazole rings is 1. The maximum Gasteiger partial charge on any atom is 0.338 e. The molecule has 1 aliphatic rings. The third-order valence-electron chi connectivity index (χ3n) is 5.43. The molecule has 3 aromatic rings. The van der Waals surface area contributed by atoms with E-state index < -0.39 is 23.4 Å². The molecule has 1 aromatic heterocycles. The Hall–Kier alpha value is -3.43. The van der Waals surface area contributed by atoms with Gasteiger partial charge in [0.05, 0.1) is 48.2 Å². The van der Waals surface area contributed by atoms with Crippen LogP contribution < -0.4 is 24.4 Å². The van der Waals surface area contributed by atoms with E-state index in [2.05, 4.69) is 4.99 Å². The quantitative estimate of drug-likeness (QED) is 0.501. The van der Waals surface area contributed by atoms with E-state index in [1.165, 1.54) is 44.1 Å². The van der Waals surface area contributed by atoms with Gasteiger partial charge in [0.1, 0.15) is 5.82 Å². The second-order valence-electron chi connectivity index (χ2n) is 7.32. The van der Waals surface area contributed by atoms with Gasteiger partial charge in [-0.15, -0.1) is 0 Å². The molecular weight excluding hydrogens is 483 g/mol. The molecule has 7 nitrogen and oxygen atoms in total. The van der Waals surface area contributed by atoms with E-state index in [1.54, 1.807) is 31.2 Å². The first-order valence-corrected chi connectivity index (χ1v) is 11.3. The average molecular weight is 503 g/mol. The minimum atomic E-state index is -0.846. The summed E-state index contributed by atoms with van der Waals surface area (Å²) in [5.74, 6) is -0.249. The Balaban J connectivity index is 2.01. The van der Waals surface area contributed by atoms with Crippen molar-refractivity contribution in [1.29, 1.82) is 0 Å². The van der Waals surface area contributed by atoms with Crippen molar-refractivity contribution in [3.63, 3.8) is 0 Å². The molecule has 2 heterocycles. The second-order valence-corrected chi connectivity index (χ2v) is 8.74. The Morgan fingerprint density at radius 2 is 1.91 bits per heavy atom. The van der Waals surface area contributed by atoms with Crippen molar-refractivity contribution in [2.24, 2.45) is 4.99 Å². The van der Waals surface area contributed by atoms with Crippen LogP contribution in [0.4, 0.5) is 4.39 Å². The van der Waals surface area contributed by atoms with E-state index in [0.29, 0.717) is 27.6 Å². The highest BCUT2D eigenvalue weighted by atomic mass is 35.5. The zero-order valence-corrected chi connectivity index (χ0v) is 20.3. The molecule has 34 heavy (non-hydrogen) atoms. The fraction of sp³-hybridized carbons (Fsp3) is 0.208. The SMILES string of the molecule is COC(=O)C1=C(C)N=c2s/c(=C/c3c(F)cccc3Cl)c(=O)n2[C@H]1c1ccc(OC)c(OC)c1. The van der Waals surface area contributed by atoms with Gasteiger partial charge in [-0.25, -0.2) is 14.2 Å². The topological polar surface area (TPSA) is 79.1 Å². The number of nitrogens with zero attached hydrogens (tertiary/aromatic N) is 2. The average Bonchev–Trinajstić information content (AvgIpc) is 3.14. The number of aromatic nitrogens is 1. The largest absolute Gasteiger partial charge is 0.493 e. The molecule has 0 amide bonds. The minimum absolute atomic E-state index is 0.0982. The lowest BCUT2D eigenvalue weighted by atomic mass is 9.95. The smallest absolute Gasteiger partial charge is 0.338 e. The molecule has 176 valence electrons. The third-order valence-corrected chi connectivity index (χ3v) is 6.74. The van der Waals surface area contributed by atoms with Crippen molar-refractivity contribution < 1.29 is 23.4 Å². The van der Waals surface area contributed by atoms with E-state index in [-0.39, 0.29) is 20.7 Å². The monoisotopic (exact) mass is 502 g/mol. The fourth-order valence-corrected chi connectivity index (χ4v) is 5.06. The van der Waals surface area contributed by atoms with Gasteiger partial charge < -0.3 is 14.2 Å². The highest BCUT2D eigenvalue weighted by molar-refractivity contribution is 7.07. The molecule has 1 atom stereocenters. The number of benzene rings is 2. The Labute approximate surface area is 203 Å². The maximum absolute atomic E-state index is 14.4. The predicted octanol–water partition coefficient (Wildman–Crippen LogP) is 3.22. The fourth-order valence-electron chi connectivity index (χ4n) is 3.81. The third kappa shape index (κ3) is 4.01. The van der Waals surface area contributed by atoms with E-state index in [9.17, 15) is 14.0 Å². The number of rotatable bonds is 5. The summed E-state index contributed by atoms with van der Waals surface area (Å²) in [5, 5.41) is 0.175. The van der Waals surface area contributed by atoms with Crippen LogP contribution in [0.2, 0.25) is 5.02 Å². The Morgan fingerprint density at radius 1 is 1.18 bits per heavy atom. The van der Waals surface area contributed by atoms with Gasteiger partial charge in [0.2, 0.25) is 0 Å². The molecule has 0 radical (unpaired) electrons. The van der Waals surface area contributed by atoms with Crippen molar-refractivity contribution in [1.82, 2.24) is 4.57 Å². The van der Waals surface area contributed by atoms with Crippen LogP contribution in [0.3, 0.4) is 0 Å². The summed E-state index contributed by atoms with van der Waals surface area (Å²) in [6.07, 6.45) is 1.39. The zero-order valence-electron chi connectivity index (χ0n) is 18.7. The molecule has 4 rings (SSSR count). The van der Waals surface area contributed by atoms with Crippen LogP contribution >= 0.6 is 22.9 Å². The molecule has 0 spiro atoms. The van der Waals surface area contributed by atoms with Gasteiger partial charge in [-0.05, 0) is 42.8 Å². The number of carbonyl (C=O) groups excluding carboxylic acids is 1. The zero-order chi connectivity index (χ0) is 24.6. The van der Waals surface area contributed by atoms with Gasteiger partial charge in [-0.1, -0.05) is 35.1 Å². The number of esters is 1. The standard InChI is InChI=1S/C24H20ClFN2O5S/c1-12-20(23(30)33-4)21(13-8-9-17(31-2)18(10-13)32-3)28-22(29)19(34-24(28)27-12)11-14-15(25)6-5-7-16(14)26/h5-11,21H,1-4H3/b19-11+/t21-/m0/s1. The molecule has 0 saturated carbocycles. The first kappa shape index (κ1) is 23.7. The first-order valence-electron chi connectivity index (χ1n) is 10.1. The van der Waals surface area contributed by atoms with Crippen LogP contribution in [0.25, 0.3) is 6.08 Å². The van der Waals surface area contributed by atoms with Crippen molar-refractivity contribution in [2.45, 2.75) is 13.0 Å². The number of fused-ring (bicyclic) bond motifs is 1. The van der Waals surface area contributed by atoms with Gasteiger partial charge in [0.15, 0.2) is 16.3 Å². The normalized spacial score (nSPS) is 15.6. The summed E-state index contributed by atoms with van der Waals surface area (Å²) in [7, 11) is 4.27. The van der Waals surface area contributed by atoms with Crippen molar-refractivity contribution in [3.8, 4) is 11.5 Å². The summed E-state index contributed by atoms with van der Waals surface area (Å²) in [4.78, 5) is 31.1. The van der Waals surface area contributed by atoms with Crippen LogP contribution in [-0.4, -0.2) is 31.9 Å². The minimum Gasteiger partial charge on any atom is -0.493 e. The molecule has 0 bridgehead atoms. The molecule has 1 aliphatic heterocycles. The number of ether oxygens (including phenoxy) is 3. The van der Waals surface area contributed by atoms with Crippen molar-refractivity contribution >= 4 is 35.0 Å². The lowest BCUT2D eigenvalue weighted by Gasteiger charge is -2.25. The molecule has 0 aliphatic carbocycles. The number of carbonyl (C=O) groups is 1. The maximum atomic E-state index is 14.4. The predicted molar refractivity (Wildman–Crippen MR) is 127 cm³/mol. The van der Waals surface area contributed by atoms with E-state index in [1.807, 2.05) is 0 Å². The summed E-state index contributed by atoms with van der Waals surface area (Å²) in [5.41, 5.74) is 0.850. The number of hydrogen-bond acceptors (Lipinski definition) is 7. The summed E-state index contributed by atoms with van der Waals surface area (Å²) in [6, 6.07) is 8.56. The Kier molecular flexibility index (Phi) is 6.58. The summed E-state index contributed by atoms with van der Waals surface area (Å²) in [6.45, 7) is 1.67. The molecule has 0 N–H and O–H groups in total. The van der Waals surface area contributed by atoms with Crippen LogP contribution in [0.15, 0.2) is 57.5 Å².